The number of benzene rings is 3. The summed E-state index contributed by atoms with van der Waals surface area (Å²) in [7, 11) is 0. The number of ether oxygens (including phenoxy) is 3. The zero-order valence-electron chi connectivity index (χ0n) is 26.6. The highest BCUT2D eigenvalue weighted by Crippen LogP contribution is 2.24. The lowest BCUT2D eigenvalue weighted by molar-refractivity contribution is -0.160. The lowest BCUT2D eigenvalue weighted by atomic mass is 9.93. The highest BCUT2D eigenvalue weighted by atomic mass is 16.5. The van der Waals surface area contributed by atoms with E-state index in [9.17, 15) is 24.6 Å². The van der Waals surface area contributed by atoms with Crippen LogP contribution in [0.2, 0.25) is 0 Å². The van der Waals surface area contributed by atoms with Gasteiger partial charge in [0.05, 0.1) is 37.6 Å². The van der Waals surface area contributed by atoms with Crippen LogP contribution in [0.25, 0.3) is 11.1 Å². The van der Waals surface area contributed by atoms with E-state index < -0.39 is 36.5 Å². The van der Waals surface area contributed by atoms with E-state index >= 15 is 0 Å². The van der Waals surface area contributed by atoms with Crippen molar-refractivity contribution < 1.29 is 43.9 Å². The molecule has 0 heterocycles. The number of unbranched alkanes of at least 4 members (excludes halogenated alkanes) is 9. The first kappa shape index (κ1) is 36.3. The Labute approximate surface area is 271 Å². The number of esters is 2. The van der Waals surface area contributed by atoms with Gasteiger partial charge in [-0.1, -0.05) is 75.6 Å². The molecule has 3 rings (SSSR count). The van der Waals surface area contributed by atoms with E-state index in [0.717, 1.165) is 56.1 Å². The molecule has 0 spiro atoms. The molecule has 3 N–H and O–H groups in total. The quantitative estimate of drug-likeness (QED) is 0.0637. The number of aliphatic hydroxyl groups is 2. The zero-order valence-corrected chi connectivity index (χ0v) is 26.6. The molecule has 0 fully saturated rings. The van der Waals surface area contributed by atoms with Crippen molar-refractivity contribution >= 4 is 17.9 Å². The summed E-state index contributed by atoms with van der Waals surface area (Å²) < 4.78 is 16.5. The number of carbonyl (C=O) groups excluding carboxylic acids is 2. The van der Waals surface area contributed by atoms with Gasteiger partial charge in [-0.25, -0.2) is 9.59 Å². The van der Waals surface area contributed by atoms with Crippen LogP contribution in [0.3, 0.4) is 0 Å². The molecule has 46 heavy (non-hydrogen) atoms. The molecule has 0 amide bonds. The van der Waals surface area contributed by atoms with Gasteiger partial charge in [0.25, 0.3) is 0 Å². The fraction of sp³-hybridized carbons (Fsp3) is 0.432. The molecule has 9 heteroatoms. The van der Waals surface area contributed by atoms with E-state index in [1.807, 2.05) is 12.1 Å². The minimum Gasteiger partial charge on any atom is -0.494 e. The number of aliphatic hydroxyl groups excluding tert-OH is 2. The lowest BCUT2D eigenvalue weighted by Gasteiger charge is -2.22. The molecule has 0 saturated carbocycles. The molecule has 0 aliphatic heterocycles. The number of hydrogen-bond acceptors (Lipinski definition) is 8. The molecule has 0 aliphatic carbocycles. The second-order valence-electron chi connectivity index (χ2n) is 11.7. The van der Waals surface area contributed by atoms with Crippen molar-refractivity contribution in [3.05, 3.63) is 83.9 Å². The highest BCUT2D eigenvalue weighted by Gasteiger charge is 2.33. The van der Waals surface area contributed by atoms with Gasteiger partial charge in [-0.3, -0.25) is 4.79 Å². The van der Waals surface area contributed by atoms with E-state index in [0.29, 0.717) is 30.3 Å². The Morgan fingerprint density at radius 2 is 1.02 bits per heavy atom. The standard InChI is InChI=1S/C37H46O9/c1-37(26-38,27-39)36(43)45-25-11-9-7-5-3-2-4-6-8-10-24-44-32-20-18-31(19-21-32)35(42)46-33-22-16-29(17-23-33)28-12-14-30(15-13-28)34(40)41/h12-23,38-39H,2-11,24-27H2,1H3,(H,40,41). The summed E-state index contributed by atoms with van der Waals surface area (Å²) in [5.74, 6) is -0.859. The Morgan fingerprint density at radius 3 is 1.52 bits per heavy atom. The fourth-order valence-corrected chi connectivity index (χ4v) is 4.70. The number of carboxylic acid groups (broad SMARTS) is 1. The molecule has 248 valence electrons. The number of carbonyl (C=O) groups is 3. The second-order valence-corrected chi connectivity index (χ2v) is 11.7. The van der Waals surface area contributed by atoms with Crippen molar-refractivity contribution in [3.63, 3.8) is 0 Å². The molecule has 0 radical (unpaired) electrons. The largest absolute Gasteiger partial charge is 0.494 e. The van der Waals surface area contributed by atoms with Crippen LogP contribution in [0.5, 0.6) is 11.5 Å². The first-order valence-electron chi connectivity index (χ1n) is 16.0. The number of carboxylic acids is 1. The fourth-order valence-electron chi connectivity index (χ4n) is 4.70. The lowest BCUT2D eigenvalue weighted by Crippen LogP contribution is -2.37. The maximum Gasteiger partial charge on any atom is 0.343 e. The van der Waals surface area contributed by atoms with E-state index in [1.54, 1.807) is 60.7 Å². The third kappa shape index (κ3) is 11.9. The molecule has 0 atom stereocenters. The Bertz CT molecular complexity index is 1350. The molecule has 0 aliphatic rings. The van der Waals surface area contributed by atoms with Crippen molar-refractivity contribution in [1.82, 2.24) is 0 Å². The minimum absolute atomic E-state index is 0.225. The van der Waals surface area contributed by atoms with Crippen LogP contribution in [0.4, 0.5) is 0 Å². The first-order valence-corrected chi connectivity index (χ1v) is 16.0. The van der Waals surface area contributed by atoms with Gasteiger partial charge in [-0.15, -0.1) is 0 Å². The predicted octanol–water partition coefficient (Wildman–Crippen LogP) is 7.08. The van der Waals surface area contributed by atoms with Gasteiger partial charge in [0.15, 0.2) is 0 Å². The summed E-state index contributed by atoms with van der Waals surface area (Å²) in [5, 5.41) is 27.5. The minimum atomic E-state index is -1.23. The van der Waals surface area contributed by atoms with E-state index in [-0.39, 0.29) is 5.56 Å². The van der Waals surface area contributed by atoms with Crippen molar-refractivity contribution in [3.8, 4) is 22.6 Å². The predicted molar refractivity (Wildman–Crippen MR) is 175 cm³/mol. The molecule has 0 saturated heterocycles. The van der Waals surface area contributed by atoms with Gasteiger partial charge in [0.2, 0.25) is 0 Å². The number of aromatic carboxylic acids is 1. The Balaban J connectivity index is 1.21. The number of hydrogen-bond donors (Lipinski definition) is 3. The van der Waals surface area contributed by atoms with Crippen LogP contribution < -0.4 is 9.47 Å². The third-order valence-corrected chi connectivity index (χ3v) is 7.85. The van der Waals surface area contributed by atoms with Crippen LogP contribution in [-0.4, -0.2) is 59.7 Å². The average molecular weight is 635 g/mol. The maximum atomic E-state index is 12.6. The monoisotopic (exact) mass is 634 g/mol. The molecule has 0 aromatic heterocycles. The average Bonchev–Trinajstić information content (AvgIpc) is 3.08. The topological polar surface area (TPSA) is 140 Å². The van der Waals surface area contributed by atoms with Crippen LogP contribution >= 0.6 is 0 Å². The van der Waals surface area contributed by atoms with Gasteiger partial charge in [-0.05, 0) is 79.4 Å². The molecule has 0 bridgehead atoms. The Morgan fingerprint density at radius 1 is 0.587 bits per heavy atom. The van der Waals surface area contributed by atoms with E-state index in [1.165, 1.54) is 26.2 Å². The molecular weight excluding hydrogens is 588 g/mol. The summed E-state index contributed by atoms with van der Waals surface area (Å²) in [6.45, 7) is 1.57. The van der Waals surface area contributed by atoms with E-state index in [4.69, 9.17) is 19.3 Å². The van der Waals surface area contributed by atoms with Crippen molar-refractivity contribution in [2.45, 2.75) is 71.1 Å². The van der Waals surface area contributed by atoms with Crippen molar-refractivity contribution in [1.29, 1.82) is 0 Å². The molecule has 3 aromatic rings. The summed E-state index contributed by atoms with van der Waals surface area (Å²) in [4.78, 5) is 35.5. The summed E-state index contributed by atoms with van der Waals surface area (Å²) in [6, 6.07) is 20.5. The molecule has 0 unspecified atom stereocenters. The smallest absolute Gasteiger partial charge is 0.343 e. The third-order valence-electron chi connectivity index (χ3n) is 7.85. The Kier molecular flexibility index (Phi) is 15.2. The van der Waals surface area contributed by atoms with Gasteiger partial charge in [0, 0.05) is 0 Å². The zero-order chi connectivity index (χ0) is 33.2. The summed E-state index contributed by atoms with van der Waals surface area (Å²) >= 11 is 0. The van der Waals surface area contributed by atoms with Crippen molar-refractivity contribution in [2.24, 2.45) is 5.41 Å². The SMILES string of the molecule is CC(CO)(CO)C(=O)OCCCCCCCCCCCCOc1ccc(C(=O)Oc2ccc(-c3ccc(C(=O)O)cc3)cc2)cc1. The van der Waals surface area contributed by atoms with Crippen LogP contribution in [0, 0.1) is 5.41 Å². The van der Waals surface area contributed by atoms with Gasteiger partial charge in [-0.2, -0.15) is 0 Å². The molecule has 3 aromatic carbocycles. The molecule has 9 nitrogen and oxygen atoms in total. The van der Waals surface area contributed by atoms with Crippen LogP contribution in [0.1, 0.15) is 91.8 Å². The summed E-state index contributed by atoms with van der Waals surface area (Å²) in [5.41, 5.74) is 1.17. The molecular formula is C37H46O9. The van der Waals surface area contributed by atoms with E-state index in [2.05, 4.69) is 0 Å². The van der Waals surface area contributed by atoms with Gasteiger partial charge in [0.1, 0.15) is 16.9 Å². The first-order chi connectivity index (χ1) is 22.3. The highest BCUT2D eigenvalue weighted by molar-refractivity contribution is 5.91. The van der Waals surface area contributed by atoms with Crippen molar-refractivity contribution in [2.75, 3.05) is 26.4 Å². The van der Waals surface area contributed by atoms with Crippen LogP contribution in [-0.2, 0) is 9.53 Å². The van der Waals surface area contributed by atoms with Gasteiger partial charge < -0.3 is 29.5 Å². The number of rotatable bonds is 21. The summed E-state index contributed by atoms with van der Waals surface area (Å²) in [6.07, 6.45) is 10.8. The van der Waals surface area contributed by atoms with Gasteiger partial charge >= 0.3 is 17.9 Å². The Hall–Kier alpha value is -4.21. The second kappa shape index (κ2) is 19.3. The van der Waals surface area contributed by atoms with Crippen LogP contribution in [0.15, 0.2) is 72.8 Å². The maximum absolute atomic E-state index is 12.6. The normalized spacial score (nSPS) is 11.2.